The lowest BCUT2D eigenvalue weighted by molar-refractivity contribution is -0.151. The molecule has 1 fully saturated rings. The van der Waals surface area contributed by atoms with E-state index in [2.05, 4.69) is 26.1 Å². The average molecular weight is 256 g/mol. The number of carbonyl (C=O) groups excluding carboxylic acids is 1. The molecule has 2 atom stereocenters. The Morgan fingerprint density at radius 2 is 2.06 bits per heavy atom. The second-order valence-electron chi connectivity index (χ2n) is 6.12. The van der Waals surface area contributed by atoms with Crippen molar-refractivity contribution in [3.8, 4) is 0 Å². The van der Waals surface area contributed by atoms with E-state index in [4.69, 9.17) is 5.11 Å². The molecule has 5 nitrogen and oxygen atoms in total. The third kappa shape index (κ3) is 3.70. The summed E-state index contributed by atoms with van der Waals surface area (Å²) in [4.78, 5) is 24.8. The van der Waals surface area contributed by atoms with Gasteiger partial charge in [-0.05, 0) is 11.3 Å². The molecule has 1 aliphatic heterocycles. The summed E-state index contributed by atoms with van der Waals surface area (Å²) in [7, 11) is 0. The molecule has 1 amide bonds. The Morgan fingerprint density at radius 3 is 2.56 bits per heavy atom. The topological polar surface area (TPSA) is 69.6 Å². The van der Waals surface area contributed by atoms with E-state index in [0.717, 1.165) is 0 Å². The molecule has 1 rings (SSSR count). The van der Waals surface area contributed by atoms with Crippen LogP contribution >= 0.6 is 0 Å². The van der Waals surface area contributed by atoms with E-state index in [0.29, 0.717) is 26.1 Å². The van der Waals surface area contributed by atoms with Crippen LogP contribution in [0.4, 0.5) is 0 Å². The number of carboxylic acids is 1. The molecule has 0 bridgehead atoms. The van der Waals surface area contributed by atoms with Crippen LogP contribution in [0.5, 0.6) is 0 Å². The van der Waals surface area contributed by atoms with Crippen molar-refractivity contribution in [2.24, 2.45) is 11.3 Å². The molecular weight excluding hydrogens is 232 g/mol. The van der Waals surface area contributed by atoms with Crippen molar-refractivity contribution in [3.63, 3.8) is 0 Å². The minimum absolute atomic E-state index is 0.0497. The van der Waals surface area contributed by atoms with E-state index in [1.807, 2.05) is 6.92 Å². The quantitative estimate of drug-likeness (QED) is 0.788. The SMILES string of the molecule is CC(CC(=O)N1CCNCC1C(=O)O)C(C)(C)C. The molecule has 0 aromatic heterocycles. The lowest BCUT2D eigenvalue weighted by Gasteiger charge is -2.35. The Bertz CT molecular complexity index is 323. The van der Waals surface area contributed by atoms with E-state index in [1.54, 1.807) is 0 Å². The van der Waals surface area contributed by atoms with Gasteiger partial charge in [-0.25, -0.2) is 4.79 Å². The Balaban J connectivity index is 2.67. The predicted octanol–water partition coefficient (Wildman–Crippen LogP) is 0.944. The van der Waals surface area contributed by atoms with Crippen molar-refractivity contribution in [1.82, 2.24) is 10.2 Å². The van der Waals surface area contributed by atoms with Gasteiger partial charge in [0.2, 0.25) is 5.91 Å². The molecular formula is C13H24N2O3. The van der Waals surface area contributed by atoms with Gasteiger partial charge < -0.3 is 15.3 Å². The number of hydrogen-bond donors (Lipinski definition) is 2. The molecule has 18 heavy (non-hydrogen) atoms. The fourth-order valence-corrected chi connectivity index (χ4v) is 1.91. The van der Waals surface area contributed by atoms with Crippen LogP contribution in [0.1, 0.15) is 34.1 Å². The van der Waals surface area contributed by atoms with Gasteiger partial charge in [-0.2, -0.15) is 0 Å². The van der Waals surface area contributed by atoms with Gasteiger partial charge in [-0.15, -0.1) is 0 Å². The number of nitrogens with zero attached hydrogens (tertiary/aromatic N) is 1. The molecule has 2 unspecified atom stereocenters. The number of carboxylic acid groups (broad SMARTS) is 1. The number of amides is 1. The summed E-state index contributed by atoms with van der Waals surface area (Å²) in [5.41, 5.74) is 0.0580. The molecule has 0 radical (unpaired) electrons. The van der Waals surface area contributed by atoms with Crippen molar-refractivity contribution in [2.45, 2.75) is 40.2 Å². The van der Waals surface area contributed by atoms with E-state index >= 15 is 0 Å². The monoisotopic (exact) mass is 256 g/mol. The third-order valence-electron chi connectivity index (χ3n) is 3.81. The average Bonchev–Trinajstić information content (AvgIpc) is 2.27. The first-order chi connectivity index (χ1) is 8.23. The summed E-state index contributed by atoms with van der Waals surface area (Å²) in [5.74, 6) is -0.750. The normalized spacial score (nSPS) is 22.7. The first kappa shape index (κ1) is 15.0. The van der Waals surface area contributed by atoms with Crippen molar-refractivity contribution in [1.29, 1.82) is 0 Å². The maximum absolute atomic E-state index is 12.2. The zero-order valence-corrected chi connectivity index (χ0v) is 11.7. The highest BCUT2D eigenvalue weighted by Crippen LogP contribution is 2.28. The van der Waals surface area contributed by atoms with Gasteiger partial charge in [-0.1, -0.05) is 27.7 Å². The van der Waals surface area contributed by atoms with Gasteiger partial charge >= 0.3 is 5.97 Å². The fraction of sp³-hybridized carbons (Fsp3) is 0.846. The first-order valence-corrected chi connectivity index (χ1v) is 6.46. The summed E-state index contributed by atoms with van der Waals surface area (Å²) in [6.07, 6.45) is 0.410. The molecule has 1 saturated heterocycles. The number of piperazine rings is 1. The third-order valence-corrected chi connectivity index (χ3v) is 3.81. The number of nitrogens with one attached hydrogen (secondary N) is 1. The maximum Gasteiger partial charge on any atom is 0.327 e. The van der Waals surface area contributed by atoms with E-state index in [-0.39, 0.29) is 17.2 Å². The van der Waals surface area contributed by atoms with Gasteiger partial charge in [-0.3, -0.25) is 4.79 Å². The lowest BCUT2D eigenvalue weighted by Crippen LogP contribution is -2.57. The van der Waals surface area contributed by atoms with Gasteiger partial charge in [0.05, 0.1) is 0 Å². The number of aliphatic carboxylic acids is 1. The molecule has 0 aromatic rings. The van der Waals surface area contributed by atoms with Crippen LogP contribution in [0.25, 0.3) is 0 Å². The van der Waals surface area contributed by atoms with Crippen molar-refractivity contribution in [3.05, 3.63) is 0 Å². The second kappa shape index (κ2) is 5.69. The zero-order valence-electron chi connectivity index (χ0n) is 11.7. The molecule has 2 N–H and O–H groups in total. The Kier molecular flexibility index (Phi) is 4.73. The fourth-order valence-electron chi connectivity index (χ4n) is 1.91. The summed E-state index contributed by atoms with van der Waals surface area (Å²) in [6.45, 7) is 9.80. The predicted molar refractivity (Wildman–Crippen MR) is 69.2 cm³/mol. The minimum Gasteiger partial charge on any atom is -0.480 e. The molecule has 0 spiro atoms. The number of hydrogen-bond acceptors (Lipinski definition) is 3. The van der Waals surface area contributed by atoms with Crippen LogP contribution in [0, 0.1) is 11.3 Å². The highest BCUT2D eigenvalue weighted by molar-refractivity contribution is 5.84. The highest BCUT2D eigenvalue weighted by Gasteiger charge is 2.33. The summed E-state index contributed by atoms with van der Waals surface area (Å²) < 4.78 is 0. The molecule has 5 heteroatoms. The Hall–Kier alpha value is -1.10. The van der Waals surface area contributed by atoms with Gasteiger partial charge in [0.1, 0.15) is 6.04 Å². The maximum atomic E-state index is 12.2. The van der Waals surface area contributed by atoms with Gasteiger partial charge in [0, 0.05) is 26.1 Å². The van der Waals surface area contributed by atoms with Crippen molar-refractivity contribution >= 4 is 11.9 Å². The summed E-state index contributed by atoms with van der Waals surface area (Å²) >= 11 is 0. The second-order valence-corrected chi connectivity index (χ2v) is 6.12. The summed E-state index contributed by atoms with van der Waals surface area (Å²) in [6, 6.07) is -0.724. The number of carbonyl (C=O) groups is 2. The van der Waals surface area contributed by atoms with E-state index < -0.39 is 12.0 Å². The lowest BCUT2D eigenvalue weighted by atomic mass is 9.80. The van der Waals surface area contributed by atoms with Crippen molar-refractivity contribution < 1.29 is 14.7 Å². The van der Waals surface area contributed by atoms with E-state index in [1.165, 1.54) is 4.90 Å². The number of rotatable bonds is 3. The Labute approximate surface area is 109 Å². The molecule has 1 aliphatic rings. The smallest absolute Gasteiger partial charge is 0.327 e. The largest absolute Gasteiger partial charge is 0.480 e. The minimum atomic E-state index is -0.932. The van der Waals surface area contributed by atoms with Crippen LogP contribution in [-0.2, 0) is 9.59 Å². The van der Waals surface area contributed by atoms with Gasteiger partial charge in [0.15, 0.2) is 0 Å². The molecule has 1 heterocycles. The van der Waals surface area contributed by atoms with Gasteiger partial charge in [0.25, 0.3) is 0 Å². The van der Waals surface area contributed by atoms with Crippen LogP contribution < -0.4 is 5.32 Å². The zero-order chi connectivity index (χ0) is 13.9. The molecule has 0 saturated carbocycles. The molecule has 0 aromatic carbocycles. The Morgan fingerprint density at radius 1 is 1.44 bits per heavy atom. The van der Waals surface area contributed by atoms with Crippen LogP contribution in [0.3, 0.4) is 0 Å². The standard InChI is InChI=1S/C13H24N2O3/c1-9(13(2,3)4)7-11(16)15-6-5-14-8-10(15)12(17)18/h9-10,14H,5-8H2,1-4H3,(H,17,18). The highest BCUT2D eigenvalue weighted by atomic mass is 16.4. The molecule has 0 aliphatic carbocycles. The van der Waals surface area contributed by atoms with Crippen LogP contribution in [0.2, 0.25) is 0 Å². The van der Waals surface area contributed by atoms with Crippen LogP contribution in [0.15, 0.2) is 0 Å². The van der Waals surface area contributed by atoms with E-state index in [9.17, 15) is 9.59 Å². The first-order valence-electron chi connectivity index (χ1n) is 6.46. The van der Waals surface area contributed by atoms with Crippen LogP contribution in [-0.4, -0.2) is 47.6 Å². The summed E-state index contributed by atoms with van der Waals surface area (Å²) in [5, 5.41) is 12.1. The van der Waals surface area contributed by atoms with Crippen molar-refractivity contribution in [2.75, 3.05) is 19.6 Å². The molecule has 104 valence electrons.